The van der Waals surface area contributed by atoms with Crippen molar-refractivity contribution in [3.8, 4) is 5.75 Å². The normalized spacial score (nSPS) is 23.7. The summed E-state index contributed by atoms with van der Waals surface area (Å²) in [6.07, 6.45) is 5.15. The third-order valence-electron chi connectivity index (χ3n) is 9.39. The molecule has 0 unspecified atom stereocenters. The number of hydrogen-bond donors (Lipinski definition) is 3. The van der Waals surface area contributed by atoms with E-state index < -0.39 is 27.6 Å². The molecule has 5 rings (SSSR count). The molecule has 2 aliphatic carbocycles. The number of methoxy groups -OCH3 is 1. The molecule has 1 fully saturated rings. The van der Waals surface area contributed by atoms with E-state index in [1.165, 1.54) is 31.0 Å². The van der Waals surface area contributed by atoms with Crippen molar-refractivity contribution in [3.63, 3.8) is 0 Å². The SMILES string of the molecule is C=C[C@@H](OC)[C@@H]1CC[C@H]1CN1C[C@@]2(CCCc3cc(Cl)ccc32)COc2ccc(S(=O)(=O)NC(=O)C(C)(C)NC(=O)O)cc21. The van der Waals surface area contributed by atoms with Crippen LogP contribution in [0.3, 0.4) is 0 Å². The number of amides is 2. The Hall–Kier alpha value is -3.28. The Morgan fingerprint density at radius 1 is 1.27 bits per heavy atom. The van der Waals surface area contributed by atoms with Gasteiger partial charge in [-0.1, -0.05) is 23.7 Å². The molecule has 10 nitrogen and oxygen atoms in total. The smallest absolute Gasteiger partial charge is 0.405 e. The molecular weight excluding hydrogens is 606 g/mol. The van der Waals surface area contributed by atoms with E-state index in [9.17, 15) is 18.0 Å². The minimum Gasteiger partial charge on any atom is -0.490 e. The van der Waals surface area contributed by atoms with E-state index in [1.807, 2.05) is 28.2 Å². The van der Waals surface area contributed by atoms with Gasteiger partial charge in [0.1, 0.15) is 11.3 Å². The van der Waals surface area contributed by atoms with E-state index >= 15 is 0 Å². The zero-order valence-corrected chi connectivity index (χ0v) is 26.8. The largest absolute Gasteiger partial charge is 0.490 e. The van der Waals surface area contributed by atoms with Gasteiger partial charge in [0.05, 0.1) is 23.3 Å². The summed E-state index contributed by atoms with van der Waals surface area (Å²) in [4.78, 5) is 26.1. The van der Waals surface area contributed by atoms with Crippen LogP contribution in [0.4, 0.5) is 10.5 Å². The number of fused-ring (bicyclic) bond motifs is 3. The third-order valence-corrected chi connectivity index (χ3v) is 11.0. The Morgan fingerprint density at radius 2 is 2.05 bits per heavy atom. The van der Waals surface area contributed by atoms with E-state index in [4.69, 9.17) is 26.2 Å². The lowest BCUT2D eigenvalue weighted by atomic mass is 9.68. The van der Waals surface area contributed by atoms with Gasteiger partial charge in [0.15, 0.2) is 0 Å². The molecule has 4 atom stereocenters. The van der Waals surface area contributed by atoms with Crippen LogP contribution in [0.5, 0.6) is 5.75 Å². The molecule has 2 aromatic carbocycles. The molecule has 3 N–H and O–H groups in total. The summed E-state index contributed by atoms with van der Waals surface area (Å²) in [5.74, 6) is 0.140. The Morgan fingerprint density at radius 3 is 2.70 bits per heavy atom. The molecule has 0 bridgehead atoms. The first-order chi connectivity index (χ1) is 20.8. The number of rotatable bonds is 9. The van der Waals surface area contributed by atoms with Crippen LogP contribution >= 0.6 is 11.6 Å². The second-order valence-electron chi connectivity index (χ2n) is 12.7. The fourth-order valence-electron chi connectivity index (χ4n) is 6.88. The molecule has 3 aliphatic rings. The zero-order valence-electron chi connectivity index (χ0n) is 25.3. The summed E-state index contributed by atoms with van der Waals surface area (Å²) >= 11 is 6.37. The first-order valence-corrected chi connectivity index (χ1v) is 16.7. The molecular formula is C32H40ClN3O7S. The van der Waals surface area contributed by atoms with Crippen LogP contribution in [0.15, 0.2) is 53.9 Å². The molecule has 1 spiro atoms. The molecule has 1 saturated carbocycles. The minimum absolute atomic E-state index is 0.0763. The van der Waals surface area contributed by atoms with Gasteiger partial charge in [0.25, 0.3) is 15.9 Å². The number of hydrogen-bond acceptors (Lipinski definition) is 7. The van der Waals surface area contributed by atoms with Gasteiger partial charge in [-0.2, -0.15) is 0 Å². The molecule has 0 aromatic heterocycles. The van der Waals surface area contributed by atoms with Gasteiger partial charge >= 0.3 is 6.09 Å². The van der Waals surface area contributed by atoms with Gasteiger partial charge in [-0.05, 0) is 99.2 Å². The Labute approximate surface area is 263 Å². The number of ether oxygens (including phenoxy) is 2. The first kappa shape index (κ1) is 32.1. The zero-order chi connectivity index (χ0) is 31.9. The van der Waals surface area contributed by atoms with Crippen LogP contribution in [0.2, 0.25) is 5.02 Å². The first-order valence-electron chi connectivity index (χ1n) is 14.8. The van der Waals surface area contributed by atoms with E-state index in [0.29, 0.717) is 36.2 Å². The highest BCUT2D eigenvalue weighted by Gasteiger charge is 2.44. The number of benzene rings is 2. The van der Waals surface area contributed by atoms with Gasteiger partial charge in [-0.15, -0.1) is 6.58 Å². The van der Waals surface area contributed by atoms with Crippen LogP contribution in [0.1, 0.15) is 50.7 Å². The van der Waals surface area contributed by atoms with Crippen molar-refractivity contribution in [2.45, 2.75) is 67.9 Å². The Kier molecular flexibility index (Phi) is 8.94. The van der Waals surface area contributed by atoms with Crippen LogP contribution in [0.25, 0.3) is 0 Å². The summed E-state index contributed by atoms with van der Waals surface area (Å²) in [6, 6.07) is 10.6. The number of nitrogens with zero attached hydrogens (tertiary/aromatic N) is 1. The number of halogens is 1. The highest BCUT2D eigenvalue weighted by molar-refractivity contribution is 7.90. The van der Waals surface area contributed by atoms with Crippen molar-refractivity contribution in [3.05, 3.63) is 65.2 Å². The van der Waals surface area contributed by atoms with E-state index in [-0.39, 0.29) is 28.3 Å². The number of aryl methyl sites for hydroxylation is 1. The lowest BCUT2D eigenvalue weighted by Crippen LogP contribution is -2.55. The van der Waals surface area contributed by atoms with Crippen molar-refractivity contribution in [2.75, 3.05) is 31.7 Å². The lowest BCUT2D eigenvalue weighted by Gasteiger charge is -2.46. The van der Waals surface area contributed by atoms with Crippen molar-refractivity contribution < 1.29 is 32.6 Å². The number of sulfonamides is 1. The maximum absolute atomic E-state index is 13.4. The fourth-order valence-corrected chi connectivity index (χ4v) is 8.20. The monoisotopic (exact) mass is 645 g/mol. The average molecular weight is 646 g/mol. The van der Waals surface area contributed by atoms with Crippen LogP contribution in [-0.4, -0.2) is 64.0 Å². The lowest BCUT2D eigenvalue weighted by molar-refractivity contribution is -0.124. The van der Waals surface area contributed by atoms with Gasteiger partial charge in [0, 0.05) is 30.6 Å². The predicted molar refractivity (Wildman–Crippen MR) is 168 cm³/mol. The van der Waals surface area contributed by atoms with Crippen molar-refractivity contribution in [2.24, 2.45) is 11.8 Å². The summed E-state index contributed by atoms with van der Waals surface area (Å²) < 4.78 is 41.1. The topological polar surface area (TPSA) is 134 Å². The summed E-state index contributed by atoms with van der Waals surface area (Å²) in [5.41, 5.74) is 1.01. The fraction of sp³-hybridized carbons (Fsp3) is 0.500. The third kappa shape index (κ3) is 6.27. The van der Waals surface area contributed by atoms with Gasteiger partial charge in [-0.3, -0.25) is 4.79 Å². The summed E-state index contributed by atoms with van der Waals surface area (Å²) in [7, 11) is -2.66. The minimum atomic E-state index is -4.35. The molecule has 238 valence electrons. The Bertz CT molecular complexity index is 1560. The second kappa shape index (κ2) is 12.3. The molecule has 0 saturated heterocycles. The summed E-state index contributed by atoms with van der Waals surface area (Å²) in [5, 5.41) is 11.8. The van der Waals surface area contributed by atoms with Crippen LogP contribution in [-0.2, 0) is 31.4 Å². The van der Waals surface area contributed by atoms with Crippen LogP contribution in [0, 0.1) is 11.8 Å². The maximum atomic E-state index is 13.4. The highest BCUT2D eigenvalue weighted by Crippen LogP contribution is 2.47. The number of carbonyl (C=O) groups is 2. The van der Waals surface area contributed by atoms with E-state index in [2.05, 4.69) is 17.5 Å². The molecule has 12 heteroatoms. The van der Waals surface area contributed by atoms with Gasteiger partial charge < -0.3 is 24.8 Å². The standard InChI is InChI=1S/C32H40ClN3O7S/c1-5-27(42-4)24-11-8-21(24)17-36-18-32(14-6-7-20-15-22(33)9-12-25(20)32)19-43-28-13-10-23(16-26(28)36)44(40,41)35-29(37)31(2,3)34-30(38)39/h5,9-10,12-13,15-16,21,24,27,34H,1,6-8,11,14,17-19H2,2-4H3,(H,35,37)(H,38,39)/t21-,24+,27+,32-/m0/s1. The van der Waals surface area contributed by atoms with Crippen molar-refractivity contribution >= 4 is 39.3 Å². The number of anilines is 1. The molecule has 44 heavy (non-hydrogen) atoms. The maximum Gasteiger partial charge on any atom is 0.405 e. The second-order valence-corrected chi connectivity index (χ2v) is 14.8. The quantitative estimate of drug-likeness (QED) is 0.328. The molecule has 1 heterocycles. The number of carbonyl (C=O) groups excluding carboxylic acids is 1. The van der Waals surface area contributed by atoms with Gasteiger partial charge in [0.2, 0.25) is 0 Å². The molecule has 2 aromatic rings. The van der Waals surface area contributed by atoms with Crippen molar-refractivity contribution in [1.29, 1.82) is 0 Å². The van der Waals surface area contributed by atoms with E-state index in [0.717, 1.165) is 32.1 Å². The molecule has 1 aliphatic heterocycles. The molecule has 2 amide bonds. The summed E-state index contributed by atoms with van der Waals surface area (Å²) in [6.45, 7) is 8.22. The molecule has 0 radical (unpaired) electrons. The Balaban J connectivity index is 1.52. The number of nitrogens with one attached hydrogen (secondary N) is 2. The highest BCUT2D eigenvalue weighted by atomic mass is 35.5. The predicted octanol–water partition coefficient (Wildman–Crippen LogP) is 4.89. The van der Waals surface area contributed by atoms with Gasteiger partial charge in [-0.25, -0.2) is 17.9 Å². The van der Waals surface area contributed by atoms with E-state index in [1.54, 1.807) is 19.2 Å². The number of carboxylic acid groups (broad SMARTS) is 1. The van der Waals surface area contributed by atoms with Crippen molar-refractivity contribution in [1.82, 2.24) is 10.0 Å². The van der Waals surface area contributed by atoms with Crippen LogP contribution < -0.4 is 19.7 Å². The average Bonchev–Trinajstić information content (AvgIpc) is 3.09.